The van der Waals surface area contributed by atoms with Gasteiger partial charge in [0.1, 0.15) is 18.1 Å². The SMILES string of the molecule is Cc1ccc(C2c3c(C)nn(-c4ccccc4)c3NC(=O)C2NC(O)c2cccc(C)c2)cc1. The quantitative estimate of drug-likeness (QED) is 0.389. The van der Waals surface area contributed by atoms with E-state index in [1.165, 1.54) is 0 Å². The number of aliphatic hydroxyl groups excluding tert-OH is 1. The molecule has 4 aromatic rings. The first-order chi connectivity index (χ1) is 16.4. The molecular weight excluding hydrogens is 424 g/mol. The van der Waals surface area contributed by atoms with Gasteiger partial charge in [0.25, 0.3) is 0 Å². The van der Waals surface area contributed by atoms with Crippen LogP contribution in [0.25, 0.3) is 5.69 Å². The summed E-state index contributed by atoms with van der Waals surface area (Å²) in [5.41, 5.74) is 6.56. The molecule has 3 atom stereocenters. The van der Waals surface area contributed by atoms with Crippen molar-refractivity contribution in [1.29, 1.82) is 0 Å². The average Bonchev–Trinajstić information content (AvgIpc) is 3.16. The highest BCUT2D eigenvalue weighted by atomic mass is 16.3. The van der Waals surface area contributed by atoms with Gasteiger partial charge >= 0.3 is 0 Å². The Kier molecular flexibility index (Phi) is 5.77. The molecule has 3 aromatic carbocycles. The van der Waals surface area contributed by atoms with Gasteiger partial charge in [-0.2, -0.15) is 5.10 Å². The minimum atomic E-state index is -0.991. The summed E-state index contributed by atoms with van der Waals surface area (Å²) in [4.78, 5) is 13.5. The number of aromatic nitrogens is 2. The van der Waals surface area contributed by atoms with Gasteiger partial charge in [-0.05, 0) is 44.0 Å². The molecule has 1 aromatic heterocycles. The second kappa shape index (κ2) is 8.89. The first-order valence-corrected chi connectivity index (χ1v) is 11.5. The Morgan fingerprint density at radius 3 is 2.38 bits per heavy atom. The minimum absolute atomic E-state index is 0.207. The van der Waals surface area contributed by atoms with Crippen LogP contribution < -0.4 is 10.6 Å². The molecule has 0 spiro atoms. The van der Waals surface area contributed by atoms with Crippen molar-refractivity contribution in [2.45, 2.75) is 39.0 Å². The smallest absolute Gasteiger partial charge is 0.243 e. The highest BCUT2D eigenvalue weighted by Gasteiger charge is 2.41. The standard InChI is InChI=1S/C28H28N4O2/c1-17-12-14-20(15-13-17)24-23-19(3)31-32(22-10-5-4-6-11-22)26(23)30-28(34)25(24)29-27(33)21-9-7-8-18(2)16-21/h4-16,24-25,27,29,33H,1-3H3,(H,30,34). The summed E-state index contributed by atoms with van der Waals surface area (Å²) in [6.07, 6.45) is -0.991. The Balaban J connectivity index is 1.61. The van der Waals surface area contributed by atoms with Crippen LogP contribution in [0.3, 0.4) is 0 Å². The number of aryl methyl sites for hydroxylation is 3. The number of para-hydroxylation sites is 1. The number of fused-ring (bicyclic) bond motifs is 1. The van der Waals surface area contributed by atoms with Crippen molar-refractivity contribution < 1.29 is 9.90 Å². The molecule has 0 bridgehead atoms. The van der Waals surface area contributed by atoms with E-state index in [-0.39, 0.29) is 11.8 Å². The van der Waals surface area contributed by atoms with Crippen LogP contribution in [0.1, 0.15) is 45.7 Å². The number of carbonyl (C=O) groups is 1. The fourth-order valence-corrected chi connectivity index (χ4v) is 4.71. The monoisotopic (exact) mass is 452 g/mol. The van der Waals surface area contributed by atoms with Crippen molar-refractivity contribution >= 4 is 11.7 Å². The van der Waals surface area contributed by atoms with Crippen molar-refractivity contribution in [1.82, 2.24) is 15.1 Å². The molecule has 0 aliphatic carbocycles. The number of amides is 1. The van der Waals surface area contributed by atoms with E-state index in [1.54, 1.807) is 4.68 Å². The van der Waals surface area contributed by atoms with E-state index in [0.717, 1.165) is 39.2 Å². The highest BCUT2D eigenvalue weighted by Crippen LogP contribution is 2.41. The van der Waals surface area contributed by atoms with Crippen molar-refractivity contribution in [3.8, 4) is 5.69 Å². The molecule has 1 aliphatic heterocycles. The molecule has 172 valence electrons. The zero-order chi connectivity index (χ0) is 23.8. The third-order valence-corrected chi connectivity index (χ3v) is 6.41. The highest BCUT2D eigenvalue weighted by molar-refractivity contribution is 5.99. The maximum absolute atomic E-state index is 13.5. The number of aliphatic hydroxyl groups is 1. The Morgan fingerprint density at radius 2 is 1.68 bits per heavy atom. The Hall–Kier alpha value is -3.74. The molecule has 3 N–H and O–H groups in total. The van der Waals surface area contributed by atoms with E-state index in [4.69, 9.17) is 5.10 Å². The van der Waals surface area contributed by atoms with Crippen LogP contribution in [0.4, 0.5) is 5.82 Å². The number of carbonyl (C=O) groups excluding carboxylic acids is 1. The summed E-state index contributed by atoms with van der Waals surface area (Å²) in [7, 11) is 0. The molecular formula is C28H28N4O2. The number of hydrogen-bond donors (Lipinski definition) is 3. The van der Waals surface area contributed by atoms with E-state index in [1.807, 2.05) is 87.5 Å². The Morgan fingerprint density at radius 1 is 0.941 bits per heavy atom. The van der Waals surface area contributed by atoms with Gasteiger partial charge in [-0.1, -0.05) is 77.9 Å². The lowest BCUT2D eigenvalue weighted by Crippen LogP contribution is -2.49. The lowest BCUT2D eigenvalue weighted by molar-refractivity contribution is -0.119. The fourth-order valence-electron chi connectivity index (χ4n) is 4.71. The fraction of sp³-hybridized carbons (Fsp3) is 0.214. The van der Waals surface area contributed by atoms with Gasteiger partial charge in [-0.3, -0.25) is 10.1 Å². The summed E-state index contributed by atoms with van der Waals surface area (Å²) >= 11 is 0. The maximum Gasteiger partial charge on any atom is 0.243 e. The average molecular weight is 453 g/mol. The van der Waals surface area contributed by atoms with E-state index >= 15 is 0 Å². The van der Waals surface area contributed by atoms with Crippen LogP contribution in [-0.4, -0.2) is 26.8 Å². The lowest BCUT2D eigenvalue weighted by atomic mass is 9.81. The molecule has 3 unspecified atom stereocenters. The predicted molar refractivity (Wildman–Crippen MR) is 133 cm³/mol. The second-order valence-corrected chi connectivity index (χ2v) is 8.93. The van der Waals surface area contributed by atoms with Gasteiger partial charge in [-0.25, -0.2) is 4.68 Å². The summed E-state index contributed by atoms with van der Waals surface area (Å²) in [6.45, 7) is 5.98. The van der Waals surface area contributed by atoms with Gasteiger partial charge in [0.05, 0.1) is 11.4 Å². The van der Waals surface area contributed by atoms with Gasteiger partial charge in [0, 0.05) is 11.5 Å². The normalized spacial score (nSPS) is 18.3. The number of nitrogens with one attached hydrogen (secondary N) is 2. The third-order valence-electron chi connectivity index (χ3n) is 6.41. The molecule has 2 heterocycles. The third kappa shape index (κ3) is 4.02. The van der Waals surface area contributed by atoms with E-state index in [9.17, 15) is 9.90 Å². The van der Waals surface area contributed by atoms with Crippen molar-refractivity contribution in [3.63, 3.8) is 0 Å². The summed E-state index contributed by atoms with van der Waals surface area (Å²) in [5.74, 6) is 0.144. The summed E-state index contributed by atoms with van der Waals surface area (Å²) < 4.78 is 1.79. The zero-order valence-corrected chi connectivity index (χ0v) is 19.5. The number of benzene rings is 3. The van der Waals surface area contributed by atoms with Crippen molar-refractivity contribution in [3.05, 3.63) is 112 Å². The number of hydrogen-bond acceptors (Lipinski definition) is 4. The zero-order valence-electron chi connectivity index (χ0n) is 19.5. The summed E-state index contributed by atoms with van der Waals surface area (Å²) in [5, 5.41) is 22.1. The molecule has 5 rings (SSSR count). The topological polar surface area (TPSA) is 79.2 Å². The van der Waals surface area contributed by atoms with Crippen LogP contribution in [-0.2, 0) is 4.79 Å². The number of anilines is 1. The minimum Gasteiger partial charge on any atom is -0.374 e. The number of nitrogens with zero attached hydrogens (tertiary/aromatic N) is 2. The Bertz CT molecular complexity index is 1330. The molecule has 1 amide bonds. The molecule has 0 radical (unpaired) electrons. The number of rotatable bonds is 5. The van der Waals surface area contributed by atoms with Gasteiger partial charge in [0.15, 0.2) is 0 Å². The van der Waals surface area contributed by atoms with E-state index < -0.39 is 12.3 Å². The largest absolute Gasteiger partial charge is 0.374 e. The van der Waals surface area contributed by atoms with Crippen LogP contribution in [0.15, 0.2) is 78.9 Å². The molecule has 6 heteroatoms. The van der Waals surface area contributed by atoms with E-state index in [0.29, 0.717) is 5.82 Å². The van der Waals surface area contributed by atoms with Crippen molar-refractivity contribution in [2.24, 2.45) is 0 Å². The van der Waals surface area contributed by atoms with Crippen LogP contribution in [0, 0.1) is 20.8 Å². The van der Waals surface area contributed by atoms with Crippen LogP contribution in [0.5, 0.6) is 0 Å². The van der Waals surface area contributed by atoms with Crippen LogP contribution >= 0.6 is 0 Å². The van der Waals surface area contributed by atoms with Gasteiger partial charge in [0.2, 0.25) is 5.91 Å². The molecule has 1 aliphatic rings. The first-order valence-electron chi connectivity index (χ1n) is 11.5. The molecule has 0 saturated carbocycles. The Labute approximate surface area is 199 Å². The first kappa shape index (κ1) is 22.1. The van der Waals surface area contributed by atoms with Crippen molar-refractivity contribution in [2.75, 3.05) is 5.32 Å². The predicted octanol–water partition coefficient (Wildman–Crippen LogP) is 4.53. The van der Waals surface area contributed by atoms with Crippen LogP contribution in [0.2, 0.25) is 0 Å². The van der Waals surface area contributed by atoms with Gasteiger partial charge in [-0.15, -0.1) is 0 Å². The molecule has 6 nitrogen and oxygen atoms in total. The molecule has 0 fully saturated rings. The van der Waals surface area contributed by atoms with E-state index in [2.05, 4.69) is 22.8 Å². The molecule has 34 heavy (non-hydrogen) atoms. The maximum atomic E-state index is 13.5. The lowest BCUT2D eigenvalue weighted by Gasteiger charge is -2.34. The summed E-state index contributed by atoms with van der Waals surface area (Å²) in [6, 6.07) is 24.9. The van der Waals surface area contributed by atoms with Gasteiger partial charge < -0.3 is 10.4 Å². The molecule has 0 saturated heterocycles. The second-order valence-electron chi connectivity index (χ2n) is 8.93.